The summed E-state index contributed by atoms with van der Waals surface area (Å²) in [7, 11) is -7.40. The summed E-state index contributed by atoms with van der Waals surface area (Å²) in [5.74, 6) is 5.97. The zero-order chi connectivity index (χ0) is 24.9. The first-order valence-corrected chi connectivity index (χ1v) is 14.1. The van der Waals surface area contributed by atoms with Crippen LogP contribution in [-0.4, -0.2) is 30.0 Å². The van der Waals surface area contributed by atoms with Crippen molar-refractivity contribution in [1.29, 1.82) is 0 Å². The molecule has 0 aliphatic carbocycles. The van der Waals surface area contributed by atoms with E-state index < -0.39 is 20.2 Å². The van der Waals surface area contributed by atoms with Gasteiger partial charge in [0.1, 0.15) is 0 Å². The van der Waals surface area contributed by atoms with Gasteiger partial charge in [-0.1, -0.05) is 53.3 Å². The molecule has 0 saturated carbocycles. The number of allylic oxidation sites excluding steroid dienone is 2. The molecule has 0 amide bonds. The lowest BCUT2D eigenvalue weighted by Gasteiger charge is -2.05. The van der Waals surface area contributed by atoms with E-state index in [0.717, 1.165) is 30.4 Å². The largest absolute Gasteiger partial charge is 0.296 e. The Morgan fingerprint density at radius 1 is 0.706 bits per heavy atom. The van der Waals surface area contributed by atoms with Crippen molar-refractivity contribution in [3.8, 4) is 11.8 Å². The van der Waals surface area contributed by atoms with E-state index in [-0.39, 0.29) is 23.0 Å². The molecule has 0 fully saturated rings. The summed E-state index contributed by atoms with van der Waals surface area (Å²) < 4.78 is 58.4. The molecular weight excluding hydrogens is 472 g/mol. The molecular formula is C26H32O6S2. The van der Waals surface area contributed by atoms with Crippen LogP contribution in [0.3, 0.4) is 0 Å². The van der Waals surface area contributed by atoms with Crippen LogP contribution in [-0.2, 0) is 28.6 Å². The fraction of sp³-hybridized carbons (Fsp3) is 0.385. The summed E-state index contributed by atoms with van der Waals surface area (Å²) in [6, 6.07) is 13.2. The molecule has 2 rings (SSSR count). The predicted octanol–water partition coefficient (Wildman–Crippen LogP) is 5.31. The van der Waals surface area contributed by atoms with Crippen LogP contribution in [0.15, 0.2) is 70.5 Å². The van der Waals surface area contributed by atoms with Gasteiger partial charge >= 0.3 is 0 Å². The molecule has 34 heavy (non-hydrogen) atoms. The van der Waals surface area contributed by atoms with Crippen molar-refractivity contribution in [2.75, 3.05) is 13.2 Å². The number of benzene rings is 2. The van der Waals surface area contributed by atoms with Crippen LogP contribution in [0, 0.1) is 25.7 Å². The van der Waals surface area contributed by atoms with Crippen LogP contribution >= 0.6 is 0 Å². The minimum atomic E-state index is -3.71. The minimum absolute atomic E-state index is 0.134. The van der Waals surface area contributed by atoms with Gasteiger partial charge in [0.15, 0.2) is 0 Å². The van der Waals surface area contributed by atoms with Gasteiger partial charge in [-0.3, -0.25) is 8.37 Å². The molecule has 0 unspecified atom stereocenters. The molecule has 2 aromatic rings. The lowest BCUT2D eigenvalue weighted by molar-refractivity contribution is 0.308. The number of rotatable bonds is 13. The SMILES string of the molecule is Cc1ccc(S(=O)(=O)OCCCCC#C/C=C\CCCCOS(=O)(=O)c2ccc(C)cc2)cc1. The molecule has 184 valence electrons. The molecule has 0 radical (unpaired) electrons. The number of unbranched alkanes of at least 4 members (excludes halogenated alkanes) is 4. The molecule has 0 aromatic heterocycles. The molecule has 2 aromatic carbocycles. The molecule has 0 bridgehead atoms. The molecule has 0 aliphatic rings. The molecule has 0 saturated heterocycles. The third-order valence-corrected chi connectivity index (χ3v) is 7.51. The maximum absolute atomic E-state index is 12.1. The van der Waals surface area contributed by atoms with Crippen LogP contribution in [0.25, 0.3) is 0 Å². The molecule has 0 spiro atoms. The number of hydrogen-bond donors (Lipinski definition) is 0. The average molecular weight is 505 g/mol. The maximum atomic E-state index is 12.1. The monoisotopic (exact) mass is 504 g/mol. The quantitative estimate of drug-likeness (QED) is 0.209. The van der Waals surface area contributed by atoms with Crippen LogP contribution in [0.5, 0.6) is 0 Å². The molecule has 0 aliphatic heterocycles. The normalized spacial score (nSPS) is 11.9. The molecule has 0 N–H and O–H groups in total. The summed E-state index contributed by atoms with van der Waals surface area (Å²) in [6.07, 6.45) is 7.95. The molecule has 0 atom stereocenters. The Morgan fingerprint density at radius 3 is 1.68 bits per heavy atom. The van der Waals surface area contributed by atoms with E-state index in [0.29, 0.717) is 19.3 Å². The van der Waals surface area contributed by atoms with Crippen LogP contribution in [0.1, 0.15) is 49.7 Å². The highest BCUT2D eigenvalue weighted by atomic mass is 32.2. The van der Waals surface area contributed by atoms with Gasteiger partial charge in [-0.05, 0) is 76.3 Å². The third-order valence-electron chi connectivity index (χ3n) is 4.86. The zero-order valence-corrected chi connectivity index (χ0v) is 21.3. The topological polar surface area (TPSA) is 86.7 Å². The Bertz CT molecular complexity index is 1180. The first-order valence-electron chi connectivity index (χ1n) is 11.3. The lowest BCUT2D eigenvalue weighted by Crippen LogP contribution is -2.07. The first-order chi connectivity index (χ1) is 16.2. The van der Waals surface area contributed by atoms with Gasteiger partial charge in [0, 0.05) is 6.42 Å². The summed E-state index contributed by atoms with van der Waals surface area (Å²) in [6.45, 7) is 4.08. The van der Waals surface area contributed by atoms with Crippen molar-refractivity contribution in [2.24, 2.45) is 0 Å². The van der Waals surface area contributed by atoms with E-state index >= 15 is 0 Å². The van der Waals surface area contributed by atoms with Gasteiger partial charge in [0.05, 0.1) is 23.0 Å². The highest BCUT2D eigenvalue weighted by Crippen LogP contribution is 2.15. The Balaban J connectivity index is 1.52. The van der Waals surface area contributed by atoms with E-state index in [2.05, 4.69) is 11.8 Å². The second-order valence-electron chi connectivity index (χ2n) is 7.85. The Hall–Kier alpha value is -2.44. The van der Waals surface area contributed by atoms with Crippen molar-refractivity contribution < 1.29 is 25.2 Å². The molecule has 8 heteroatoms. The van der Waals surface area contributed by atoms with Crippen molar-refractivity contribution >= 4 is 20.2 Å². The molecule has 6 nitrogen and oxygen atoms in total. The first kappa shape index (κ1) is 27.8. The van der Waals surface area contributed by atoms with Crippen LogP contribution < -0.4 is 0 Å². The number of aryl methyl sites for hydroxylation is 2. The van der Waals surface area contributed by atoms with Crippen molar-refractivity contribution in [1.82, 2.24) is 0 Å². The van der Waals surface area contributed by atoms with E-state index in [4.69, 9.17) is 8.37 Å². The van der Waals surface area contributed by atoms with Crippen molar-refractivity contribution in [2.45, 2.75) is 62.2 Å². The Kier molecular flexibility index (Phi) is 11.5. The fourth-order valence-electron chi connectivity index (χ4n) is 2.84. The van der Waals surface area contributed by atoms with Crippen molar-refractivity contribution in [3.63, 3.8) is 0 Å². The summed E-state index contributed by atoms with van der Waals surface area (Å²) >= 11 is 0. The van der Waals surface area contributed by atoms with Gasteiger partial charge < -0.3 is 0 Å². The van der Waals surface area contributed by atoms with Gasteiger partial charge in [0.2, 0.25) is 0 Å². The van der Waals surface area contributed by atoms with E-state index in [1.54, 1.807) is 54.6 Å². The predicted molar refractivity (Wildman–Crippen MR) is 133 cm³/mol. The maximum Gasteiger partial charge on any atom is 0.296 e. The van der Waals surface area contributed by atoms with Gasteiger partial charge in [0.25, 0.3) is 20.2 Å². The number of hydrogen-bond acceptors (Lipinski definition) is 6. The minimum Gasteiger partial charge on any atom is -0.266 e. The highest BCUT2D eigenvalue weighted by molar-refractivity contribution is 7.87. The lowest BCUT2D eigenvalue weighted by atomic mass is 10.2. The molecule has 0 heterocycles. The van der Waals surface area contributed by atoms with Gasteiger partial charge in [-0.2, -0.15) is 16.8 Å². The van der Waals surface area contributed by atoms with E-state index in [1.807, 2.05) is 19.9 Å². The van der Waals surface area contributed by atoms with E-state index in [9.17, 15) is 16.8 Å². The second kappa shape index (κ2) is 14.1. The summed E-state index contributed by atoms with van der Waals surface area (Å²) in [5.41, 5.74) is 1.98. The standard InChI is InChI=1S/C26H32O6S2/c1-23-13-17-25(18-14-23)33(27,28)31-21-11-9-7-5-3-4-6-8-10-12-22-32-34(29,30)26-19-15-24(2)16-20-26/h3,5,13-20H,7-12,21-22H2,1-2H3/b5-3-. The Morgan fingerprint density at radius 2 is 1.18 bits per heavy atom. The van der Waals surface area contributed by atoms with Crippen LogP contribution in [0.4, 0.5) is 0 Å². The fourth-order valence-corrected chi connectivity index (χ4v) is 4.72. The summed E-state index contributed by atoms with van der Waals surface area (Å²) in [5, 5.41) is 0. The third kappa shape index (κ3) is 10.2. The average Bonchev–Trinajstić information content (AvgIpc) is 2.80. The highest BCUT2D eigenvalue weighted by Gasteiger charge is 2.15. The van der Waals surface area contributed by atoms with Gasteiger partial charge in [-0.15, -0.1) is 0 Å². The zero-order valence-electron chi connectivity index (χ0n) is 19.7. The Labute approximate surface area is 204 Å². The van der Waals surface area contributed by atoms with Gasteiger partial charge in [-0.25, -0.2) is 0 Å². The summed E-state index contributed by atoms with van der Waals surface area (Å²) in [4.78, 5) is 0.343. The van der Waals surface area contributed by atoms with Crippen molar-refractivity contribution in [3.05, 3.63) is 71.8 Å². The smallest absolute Gasteiger partial charge is 0.266 e. The van der Waals surface area contributed by atoms with Crippen LogP contribution in [0.2, 0.25) is 0 Å². The second-order valence-corrected chi connectivity index (χ2v) is 11.1. The van der Waals surface area contributed by atoms with E-state index in [1.165, 1.54) is 0 Å².